The first-order valence-corrected chi connectivity index (χ1v) is 12.1. The van der Waals surface area contributed by atoms with Gasteiger partial charge in [0.25, 0.3) is 0 Å². The Bertz CT molecular complexity index is 1370. The first-order valence-electron chi connectivity index (χ1n) is 12.1. The number of amides is 1. The Morgan fingerprint density at radius 1 is 1.00 bits per heavy atom. The Morgan fingerprint density at radius 2 is 1.71 bits per heavy atom. The lowest BCUT2D eigenvalue weighted by molar-refractivity contribution is -0.165. The maximum Gasteiger partial charge on any atom is 0.335 e. The molecule has 1 aromatic heterocycles. The molecule has 14 nitrogen and oxygen atoms in total. The molecule has 2 atom stereocenters. The minimum Gasteiger partial charge on any atom is -0.493 e. The van der Waals surface area contributed by atoms with Crippen LogP contribution >= 0.6 is 0 Å². The fourth-order valence-corrected chi connectivity index (χ4v) is 3.33. The molecule has 0 fully saturated rings. The van der Waals surface area contributed by atoms with Gasteiger partial charge in [-0.25, -0.2) is 25.0 Å². The largest absolute Gasteiger partial charge is 0.493 e. The van der Waals surface area contributed by atoms with E-state index in [1.165, 1.54) is 6.33 Å². The van der Waals surface area contributed by atoms with Crippen molar-refractivity contribution in [3.63, 3.8) is 0 Å². The summed E-state index contributed by atoms with van der Waals surface area (Å²) in [5.74, 6) is 0.480. The van der Waals surface area contributed by atoms with Gasteiger partial charge in [-0.2, -0.15) is 0 Å². The Morgan fingerprint density at radius 3 is 2.32 bits per heavy atom. The summed E-state index contributed by atoms with van der Waals surface area (Å²) in [6, 6.07) is 11.2. The zero-order chi connectivity index (χ0) is 30.4. The van der Waals surface area contributed by atoms with Gasteiger partial charge < -0.3 is 35.2 Å². The normalized spacial score (nSPS) is 11.7. The molecule has 3 aromatic rings. The standard InChI is InChI=1S/C23H24N4O4.C4H6O6/c1-3-16-8-7-9-17(12-16)26-23-18-13-21(20(30-2)14-19(18)24-15-25-23)31-11-6-4-5-10-22(28)27-29;5-1(3(7)8)2(6)4(9)10/h1,7-9,12-15,29H,4-6,10-11H2,2H3,(H,27,28)(H,24,25,26);1-2,5-6H,(H,7,8)(H,9,10). The minimum atomic E-state index is -2.27. The number of aromatic nitrogens is 2. The lowest BCUT2D eigenvalue weighted by atomic mass is 10.1. The summed E-state index contributed by atoms with van der Waals surface area (Å²) in [5.41, 5.74) is 3.93. The number of carboxylic acid groups (broad SMARTS) is 2. The number of hydrogen-bond donors (Lipinski definition) is 7. The molecule has 0 saturated heterocycles. The summed E-state index contributed by atoms with van der Waals surface area (Å²) in [5, 5.41) is 45.1. The average Bonchev–Trinajstić information content (AvgIpc) is 2.98. The number of unbranched alkanes of at least 4 members (excludes halogenated alkanes) is 2. The van der Waals surface area contributed by atoms with Crippen LogP contribution < -0.4 is 20.3 Å². The van der Waals surface area contributed by atoms with Crippen LogP contribution in [-0.2, 0) is 14.4 Å². The maximum absolute atomic E-state index is 11.0. The molecule has 0 radical (unpaired) electrons. The number of carbonyl (C=O) groups excluding carboxylic acids is 1. The van der Waals surface area contributed by atoms with Crippen molar-refractivity contribution in [2.24, 2.45) is 0 Å². The number of aliphatic hydroxyl groups excluding tert-OH is 2. The van der Waals surface area contributed by atoms with E-state index in [1.54, 1.807) is 18.7 Å². The number of terminal acetylenes is 1. The molecular weight excluding hydrogens is 540 g/mol. The van der Waals surface area contributed by atoms with Crippen LogP contribution in [0.15, 0.2) is 42.7 Å². The van der Waals surface area contributed by atoms with Gasteiger partial charge in [-0.05, 0) is 43.5 Å². The van der Waals surface area contributed by atoms with Crippen molar-refractivity contribution in [3.05, 3.63) is 48.3 Å². The van der Waals surface area contributed by atoms with Gasteiger partial charge in [-0.1, -0.05) is 12.0 Å². The van der Waals surface area contributed by atoms with Gasteiger partial charge in [0.1, 0.15) is 12.1 Å². The third-order valence-electron chi connectivity index (χ3n) is 5.45. The number of nitrogens with one attached hydrogen (secondary N) is 2. The quantitative estimate of drug-likeness (QED) is 0.0674. The van der Waals surface area contributed by atoms with Crippen LogP contribution in [0.5, 0.6) is 11.5 Å². The Hall–Kier alpha value is -4.97. The van der Waals surface area contributed by atoms with Gasteiger partial charge in [-0.15, -0.1) is 6.42 Å². The summed E-state index contributed by atoms with van der Waals surface area (Å²) < 4.78 is 11.4. The smallest absolute Gasteiger partial charge is 0.335 e. The number of benzene rings is 2. The van der Waals surface area contributed by atoms with E-state index in [1.807, 2.05) is 30.3 Å². The molecule has 0 aliphatic carbocycles. The third kappa shape index (κ3) is 9.93. The minimum absolute atomic E-state index is 0.281. The lowest BCUT2D eigenvalue weighted by Gasteiger charge is -2.14. The number of ether oxygens (including phenoxy) is 2. The molecule has 2 unspecified atom stereocenters. The number of nitrogens with zero attached hydrogens (tertiary/aromatic N) is 2. The van der Waals surface area contributed by atoms with Crippen molar-refractivity contribution in [1.82, 2.24) is 15.4 Å². The van der Waals surface area contributed by atoms with E-state index in [0.717, 1.165) is 29.5 Å². The SMILES string of the molecule is C#Cc1cccc(Nc2ncnc3cc(OC)c(OCCCCCC(=O)NO)cc23)c1.O=C(O)C(O)C(O)C(=O)O. The summed E-state index contributed by atoms with van der Waals surface area (Å²) in [7, 11) is 1.58. The zero-order valence-electron chi connectivity index (χ0n) is 22.0. The number of hydrogen-bond acceptors (Lipinski definition) is 11. The molecule has 0 spiro atoms. The third-order valence-corrected chi connectivity index (χ3v) is 5.45. The molecular formula is C27H30N4O10. The number of methoxy groups -OCH3 is 1. The second-order valence-corrected chi connectivity index (χ2v) is 8.35. The topological polar surface area (TPSA) is 221 Å². The number of carbonyl (C=O) groups is 3. The van der Waals surface area contributed by atoms with Crippen LogP contribution in [0.25, 0.3) is 10.9 Å². The molecule has 0 bridgehead atoms. The second kappa shape index (κ2) is 16.2. The van der Waals surface area contributed by atoms with Crippen LogP contribution in [0.2, 0.25) is 0 Å². The summed E-state index contributed by atoms with van der Waals surface area (Å²) in [4.78, 5) is 39.3. The molecule has 1 heterocycles. The number of anilines is 2. The lowest BCUT2D eigenvalue weighted by Crippen LogP contribution is -2.39. The van der Waals surface area contributed by atoms with Crippen molar-refractivity contribution in [3.8, 4) is 23.8 Å². The van der Waals surface area contributed by atoms with Crippen LogP contribution in [0.1, 0.15) is 31.2 Å². The van der Waals surface area contributed by atoms with Gasteiger partial charge in [0.15, 0.2) is 23.7 Å². The van der Waals surface area contributed by atoms with Crippen LogP contribution in [0.3, 0.4) is 0 Å². The van der Waals surface area contributed by atoms with E-state index in [4.69, 9.17) is 41.5 Å². The van der Waals surface area contributed by atoms with Gasteiger partial charge in [0.05, 0.1) is 19.2 Å². The number of rotatable bonds is 13. The zero-order valence-corrected chi connectivity index (χ0v) is 22.0. The van der Waals surface area contributed by atoms with E-state index in [0.29, 0.717) is 35.9 Å². The fourth-order valence-electron chi connectivity index (χ4n) is 3.33. The van der Waals surface area contributed by atoms with Gasteiger partial charge in [0, 0.05) is 29.1 Å². The Balaban J connectivity index is 0.000000503. The first kappa shape index (κ1) is 32.2. The molecule has 3 rings (SSSR count). The first-order chi connectivity index (χ1) is 19.6. The highest BCUT2D eigenvalue weighted by atomic mass is 16.5. The number of carboxylic acids is 2. The predicted molar refractivity (Wildman–Crippen MR) is 145 cm³/mol. The van der Waals surface area contributed by atoms with E-state index >= 15 is 0 Å². The van der Waals surface area contributed by atoms with Gasteiger partial charge in [-0.3, -0.25) is 10.0 Å². The highest BCUT2D eigenvalue weighted by molar-refractivity contribution is 5.93. The highest BCUT2D eigenvalue weighted by Gasteiger charge is 2.29. The molecule has 0 aliphatic heterocycles. The molecule has 218 valence electrons. The van der Waals surface area contributed by atoms with E-state index in [9.17, 15) is 14.4 Å². The van der Waals surface area contributed by atoms with Crippen molar-refractivity contribution < 1.29 is 49.5 Å². The maximum atomic E-state index is 11.0. The highest BCUT2D eigenvalue weighted by Crippen LogP contribution is 2.35. The van der Waals surface area contributed by atoms with Gasteiger partial charge >= 0.3 is 11.9 Å². The molecule has 0 aliphatic rings. The van der Waals surface area contributed by atoms with Crippen LogP contribution in [0, 0.1) is 12.3 Å². The van der Waals surface area contributed by atoms with Crippen molar-refractivity contribution in [2.45, 2.75) is 37.9 Å². The number of fused-ring (bicyclic) bond motifs is 1. The van der Waals surface area contributed by atoms with E-state index < -0.39 is 24.1 Å². The Kier molecular flexibility index (Phi) is 12.7. The molecule has 14 heteroatoms. The van der Waals surface area contributed by atoms with E-state index in [2.05, 4.69) is 21.2 Å². The molecule has 0 saturated carbocycles. The van der Waals surface area contributed by atoms with Crippen molar-refractivity contribution >= 4 is 40.3 Å². The number of aliphatic carboxylic acids is 2. The fraction of sp³-hybridized carbons (Fsp3) is 0.296. The van der Waals surface area contributed by atoms with Crippen molar-refractivity contribution in [2.75, 3.05) is 19.0 Å². The Labute approximate surface area is 234 Å². The molecule has 1 amide bonds. The average molecular weight is 571 g/mol. The second-order valence-electron chi connectivity index (χ2n) is 8.35. The summed E-state index contributed by atoms with van der Waals surface area (Å²) >= 11 is 0. The molecule has 2 aromatic carbocycles. The summed E-state index contributed by atoms with van der Waals surface area (Å²) in [6.07, 6.45) is 4.95. The van der Waals surface area contributed by atoms with Gasteiger partial charge in [0.2, 0.25) is 5.91 Å². The predicted octanol–water partition coefficient (Wildman–Crippen LogP) is 1.69. The van der Waals surface area contributed by atoms with Crippen molar-refractivity contribution in [1.29, 1.82) is 0 Å². The van der Waals surface area contributed by atoms with E-state index in [-0.39, 0.29) is 12.3 Å². The number of aliphatic hydroxyl groups is 2. The van der Waals surface area contributed by atoms with Crippen LogP contribution in [0.4, 0.5) is 11.5 Å². The van der Waals surface area contributed by atoms with Crippen LogP contribution in [-0.4, -0.2) is 79.4 Å². The molecule has 41 heavy (non-hydrogen) atoms. The number of hydroxylamine groups is 1. The monoisotopic (exact) mass is 570 g/mol. The molecule has 7 N–H and O–H groups in total. The summed E-state index contributed by atoms with van der Waals surface area (Å²) in [6.45, 7) is 0.462.